The fourth-order valence-corrected chi connectivity index (χ4v) is 3.11. The smallest absolute Gasteiger partial charge is 0.254 e. The molecule has 0 N–H and O–H groups in total. The van der Waals surface area contributed by atoms with E-state index in [-0.39, 0.29) is 11.9 Å². The van der Waals surface area contributed by atoms with Crippen LogP contribution in [0.2, 0.25) is 0 Å². The van der Waals surface area contributed by atoms with Crippen molar-refractivity contribution < 1.29 is 4.79 Å². The molecule has 5 heteroatoms. The molecule has 3 rings (SSSR count). The first-order valence-corrected chi connectivity index (χ1v) is 7.94. The predicted octanol–water partition coefficient (Wildman–Crippen LogP) is 3.77. The molecule has 0 aliphatic heterocycles. The van der Waals surface area contributed by atoms with Crippen LogP contribution < -0.4 is 0 Å². The number of carbonyl (C=O) groups excluding carboxylic acids is 1. The molecule has 0 aliphatic rings. The summed E-state index contributed by atoms with van der Waals surface area (Å²) in [6.07, 6.45) is 5.35. The number of benzene rings is 1. The Balaban J connectivity index is 1.77. The molecule has 0 saturated carbocycles. The summed E-state index contributed by atoms with van der Waals surface area (Å²) < 4.78 is 1.91. The Hall–Kier alpha value is -2.40. The van der Waals surface area contributed by atoms with Gasteiger partial charge >= 0.3 is 0 Å². The van der Waals surface area contributed by atoms with Crippen LogP contribution in [0, 0.1) is 0 Å². The first-order chi connectivity index (χ1) is 10.7. The number of aromatic nitrogens is 2. The number of rotatable bonds is 4. The van der Waals surface area contributed by atoms with Crippen molar-refractivity contribution in [3.63, 3.8) is 0 Å². The van der Waals surface area contributed by atoms with Gasteiger partial charge in [-0.05, 0) is 42.6 Å². The van der Waals surface area contributed by atoms with Crippen molar-refractivity contribution >= 4 is 17.2 Å². The fourth-order valence-electron chi connectivity index (χ4n) is 2.29. The molecule has 3 aromatic rings. The molecule has 0 fully saturated rings. The summed E-state index contributed by atoms with van der Waals surface area (Å²) in [5, 5.41) is 2.03. The molecule has 2 aromatic heterocycles. The maximum absolute atomic E-state index is 12.6. The lowest BCUT2D eigenvalue weighted by Crippen LogP contribution is -2.29. The third-order valence-electron chi connectivity index (χ3n) is 3.77. The maximum atomic E-state index is 12.6. The van der Waals surface area contributed by atoms with Crippen molar-refractivity contribution in [2.24, 2.45) is 0 Å². The van der Waals surface area contributed by atoms with Gasteiger partial charge in [-0.15, -0.1) is 11.3 Å². The second-order valence-corrected chi connectivity index (χ2v) is 6.10. The predicted molar refractivity (Wildman–Crippen MR) is 88.4 cm³/mol. The van der Waals surface area contributed by atoms with Crippen molar-refractivity contribution in [2.75, 3.05) is 7.05 Å². The zero-order valence-corrected chi connectivity index (χ0v) is 13.3. The molecule has 112 valence electrons. The van der Waals surface area contributed by atoms with Crippen molar-refractivity contribution in [2.45, 2.75) is 13.0 Å². The Morgan fingerprint density at radius 3 is 2.64 bits per heavy atom. The summed E-state index contributed by atoms with van der Waals surface area (Å²) in [5.74, 6) is 0.0260. The number of thiophene rings is 1. The first kappa shape index (κ1) is 14.5. The molecule has 0 saturated heterocycles. The second kappa shape index (κ2) is 6.15. The van der Waals surface area contributed by atoms with Crippen LogP contribution in [0.3, 0.4) is 0 Å². The Kier molecular flexibility index (Phi) is 4.06. The van der Waals surface area contributed by atoms with E-state index in [1.807, 2.05) is 60.4 Å². The van der Waals surface area contributed by atoms with Crippen LogP contribution in [0.5, 0.6) is 0 Å². The summed E-state index contributed by atoms with van der Waals surface area (Å²) in [6.45, 7) is 2.05. The molecular weight excluding hydrogens is 294 g/mol. The van der Waals surface area contributed by atoms with Gasteiger partial charge in [-0.2, -0.15) is 0 Å². The minimum absolute atomic E-state index is 0.0260. The van der Waals surface area contributed by atoms with Gasteiger partial charge in [-0.3, -0.25) is 4.79 Å². The van der Waals surface area contributed by atoms with E-state index in [0.717, 1.165) is 5.69 Å². The topological polar surface area (TPSA) is 38.1 Å². The molecule has 0 bridgehead atoms. The molecule has 1 aromatic carbocycles. The van der Waals surface area contributed by atoms with Crippen LogP contribution in [0.4, 0.5) is 0 Å². The normalized spacial score (nSPS) is 12.1. The van der Waals surface area contributed by atoms with Crippen molar-refractivity contribution in [1.29, 1.82) is 0 Å². The maximum Gasteiger partial charge on any atom is 0.254 e. The summed E-state index contributed by atoms with van der Waals surface area (Å²) in [7, 11) is 1.84. The summed E-state index contributed by atoms with van der Waals surface area (Å²) in [4.78, 5) is 19.6. The summed E-state index contributed by atoms with van der Waals surface area (Å²) in [6, 6.07) is 11.7. The summed E-state index contributed by atoms with van der Waals surface area (Å²) >= 11 is 1.67. The van der Waals surface area contributed by atoms with Crippen LogP contribution in [0.15, 0.2) is 60.5 Å². The van der Waals surface area contributed by atoms with Crippen molar-refractivity contribution in [3.05, 3.63) is 70.9 Å². The Bertz CT molecular complexity index is 733. The number of imidazole rings is 1. The molecule has 0 unspecified atom stereocenters. The third kappa shape index (κ3) is 2.80. The van der Waals surface area contributed by atoms with Gasteiger partial charge in [0.1, 0.15) is 0 Å². The van der Waals surface area contributed by atoms with Crippen molar-refractivity contribution in [3.8, 4) is 5.69 Å². The van der Waals surface area contributed by atoms with Gasteiger partial charge < -0.3 is 9.47 Å². The van der Waals surface area contributed by atoms with Crippen LogP contribution >= 0.6 is 11.3 Å². The molecule has 0 aliphatic carbocycles. The SMILES string of the molecule is C[C@@H](c1cccs1)N(C)C(=O)c1ccc(-n2ccnc2)cc1. The molecule has 1 amide bonds. The highest BCUT2D eigenvalue weighted by atomic mass is 32.1. The van der Waals surface area contributed by atoms with E-state index in [1.165, 1.54) is 4.88 Å². The third-order valence-corrected chi connectivity index (χ3v) is 4.82. The molecule has 0 radical (unpaired) electrons. The lowest BCUT2D eigenvalue weighted by atomic mass is 10.1. The average Bonchev–Trinajstić information content (AvgIpc) is 3.26. The molecule has 2 heterocycles. The highest BCUT2D eigenvalue weighted by Gasteiger charge is 2.19. The van der Waals surface area contributed by atoms with Crippen LogP contribution in [0.1, 0.15) is 28.2 Å². The van der Waals surface area contributed by atoms with E-state index in [2.05, 4.69) is 11.1 Å². The van der Waals surface area contributed by atoms with Gasteiger partial charge in [0, 0.05) is 35.6 Å². The number of hydrogen-bond donors (Lipinski definition) is 0. The largest absolute Gasteiger partial charge is 0.334 e. The second-order valence-electron chi connectivity index (χ2n) is 5.12. The zero-order chi connectivity index (χ0) is 15.5. The monoisotopic (exact) mass is 311 g/mol. The van der Waals surface area contributed by atoms with E-state index in [0.29, 0.717) is 5.56 Å². The minimum atomic E-state index is 0.0260. The zero-order valence-electron chi connectivity index (χ0n) is 12.5. The number of nitrogens with zero attached hydrogens (tertiary/aromatic N) is 3. The molecule has 22 heavy (non-hydrogen) atoms. The molecule has 1 atom stereocenters. The quantitative estimate of drug-likeness (QED) is 0.735. The van der Waals surface area contributed by atoms with E-state index < -0.39 is 0 Å². The Morgan fingerprint density at radius 1 is 1.27 bits per heavy atom. The highest BCUT2D eigenvalue weighted by Crippen LogP contribution is 2.24. The lowest BCUT2D eigenvalue weighted by molar-refractivity contribution is 0.0745. The minimum Gasteiger partial charge on any atom is -0.334 e. The van der Waals surface area contributed by atoms with Crippen LogP contribution in [-0.2, 0) is 0 Å². The van der Waals surface area contributed by atoms with Crippen molar-refractivity contribution in [1.82, 2.24) is 14.5 Å². The average molecular weight is 311 g/mol. The Morgan fingerprint density at radius 2 is 2.05 bits per heavy atom. The van der Waals surface area contributed by atoms with E-state index in [1.54, 1.807) is 28.8 Å². The van der Waals surface area contributed by atoms with E-state index >= 15 is 0 Å². The van der Waals surface area contributed by atoms with Crippen LogP contribution in [-0.4, -0.2) is 27.4 Å². The molecular formula is C17H17N3OS. The Labute approximate surface area is 133 Å². The number of hydrogen-bond acceptors (Lipinski definition) is 3. The first-order valence-electron chi connectivity index (χ1n) is 7.06. The van der Waals surface area contributed by atoms with Gasteiger partial charge in [0.15, 0.2) is 0 Å². The van der Waals surface area contributed by atoms with E-state index in [9.17, 15) is 4.79 Å². The van der Waals surface area contributed by atoms with Gasteiger partial charge in [-0.1, -0.05) is 6.07 Å². The van der Waals surface area contributed by atoms with Crippen LogP contribution in [0.25, 0.3) is 5.69 Å². The van der Waals surface area contributed by atoms with E-state index in [4.69, 9.17) is 0 Å². The summed E-state index contributed by atoms with van der Waals surface area (Å²) in [5.41, 5.74) is 1.68. The van der Waals surface area contributed by atoms with Gasteiger partial charge in [0.2, 0.25) is 0 Å². The number of amides is 1. The fraction of sp³-hybridized carbons (Fsp3) is 0.176. The highest BCUT2D eigenvalue weighted by molar-refractivity contribution is 7.10. The van der Waals surface area contributed by atoms with Gasteiger partial charge in [0.05, 0.1) is 12.4 Å². The molecule has 0 spiro atoms. The van der Waals surface area contributed by atoms with Gasteiger partial charge in [-0.25, -0.2) is 4.98 Å². The van der Waals surface area contributed by atoms with Gasteiger partial charge in [0.25, 0.3) is 5.91 Å². The lowest BCUT2D eigenvalue weighted by Gasteiger charge is -2.24. The molecule has 4 nitrogen and oxygen atoms in total. The number of carbonyl (C=O) groups is 1. The standard InChI is InChI=1S/C17H17N3OS/c1-13(16-4-3-11-22-16)19(2)17(21)14-5-7-15(8-6-14)20-10-9-18-12-20/h3-13H,1-2H3/t13-/m0/s1.